The molecule has 0 unspecified atom stereocenters. The molecule has 0 aliphatic rings. The third-order valence-electron chi connectivity index (χ3n) is 3.29. The Morgan fingerprint density at radius 2 is 1.12 bits per heavy atom. The molecule has 1 aromatic heterocycles. The van der Waals surface area contributed by atoms with Crippen LogP contribution in [0.15, 0.2) is 50.4 Å². The first-order valence-corrected chi connectivity index (χ1v) is 5.30. The Morgan fingerprint density at radius 1 is 0.647 bits per heavy atom. The molecule has 4 rings (SSSR count). The zero-order valence-electron chi connectivity index (χ0n) is 8.69. The summed E-state index contributed by atoms with van der Waals surface area (Å²) in [4.78, 5) is 22.9. The smallest absolute Gasteiger partial charge is 0.346 e. The lowest BCUT2D eigenvalue weighted by Crippen LogP contribution is -1.94. The molecule has 0 N–H and O–H groups in total. The summed E-state index contributed by atoms with van der Waals surface area (Å²) in [5, 5.41) is 5.04. The number of furan rings is 1. The monoisotopic (exact) mass is 222 g/mol. The van der Waals surface area contributed by atoms with Gasteiger partial charge in [0.1, 0.15) is 0 Å². The molecular formula is C14H6O3. The van der Waals surface area contributed by atoms with E-state index in [1.807, 2.05) is 24.3 Å². The lowest BCUT2D eigenvalue weighted by Gasteiger charge is -2.10. The summed E-state index contributed by atoms with van der Waals surface area (Å²) in [6.07, 6.45) is 0. The van der Waals surface area contributed by atoms with Gasteiger partial charge in [-0.2, -0.15) is 0 Å². The van der Waals surface area contributed by atoms with Crippen molar-refractivity contribution in [3.05, 3.63) is 57.2 Å². The zero-order chi connectivity index (χ0) is 11.6. The van der Waals surface area contributed by atoms with Gasteiger partial charge >= 0.3 is 11.3 Å². The van der Waals surface area contributed by atoms with Crippen LogP contribution in [0.5, 0.6) is 0 Å². The van der Waals surface area contributed by atoms with Gasteiger partial charge in [0.15, 0.2) is 0 Å². The number of rotatable bonds is 0. The normalized spacial score (nSPS) is 12.0. The highest BCUT2D eigenvalue weighted by atomic mass is 16.4. The minimum atomic E-state index is -0.544. The second-order valence-corrected chi connectivity index (χ2v) is 4.17. The van der Waals surface area contributed by atoms with Crippen LogP contribution in [-0.4, -0.2) is 0 Å². The molecule has 0 aliphatic heterocycles. The van der Waals surface area contributed by atoms with Crippen molar-refractivity contribution in [3.63, 3.8) is 0 Å². The van der Waals surface area contributed by atoms with Crippen LogP contribution in [-0.2, 0) is 0 Å². The molecule has 0 radical (unpaired) electrons. The first-order chi connectivity index (χ1) is 8.25. The first kappa shape index (κ1) is 8.70. The molecule has 3 aromatic carbocycles. The zero-order valence-corrected chi connectivity index (χ0v) is 8.69. The van der Waals surface area contributed by atoms with Gasteiger partial charge in [-0.15, -0.1) is 0 Å². The van der Waals surface area contributed by atoms with Crippen LogP contribution < -0.4 is 11.3 Å². The van der Waals surface area contributed by atoms with Gasteiger partial charge in [-0.1, -0.05) is 24.3 Å². The fourth-order valence-electron chi connectivity index (χ4n) is 2.47. The van der Waals surface area contributed by atoms with E-state index >= 15 is 0 Å². The summed E-state index contributed by atoms with van der Waals surface area (Å²) in [5.41, 5.74) is -1.09. The summed E-state index contributed by atoms with van der Waals surface area (Å²) < 4.78 is 4.59. The fourth-order valence-corrected chi connectivity index (χ4v) is 2.47. The predicted molar refractivity (Wildman–Crippen MR) is 66.1 cm³/mol. The van der Waals surface area contributed by atoms with Crippen LogP contribution >= 0.6 is 0 Å². The van der Waals surface area contributed by atoms with Gasteiger partial charge in [0, 0.05) is 0 Å². The summed E-state index contributed by atoms with van der Waals surface area (Å²) in [6, 6.07) is 11.4. The van der Waals surface area contributed by atoms with Crippen molar-refractivity contribution in [1.82, 2.24) is 0 Å². The van der Waals surface area contributed by atoms with Crippen LogP contribution in [0.1, 0.15) is 0 Å². The lowest BCUT2D eigenvalue weighted by atomic mass is 9.92. The van der Waals surface area contributed by atoms with Crippen LogP contribution in [0, 0.1) is 0 Å². The largest absolute Gasteiger partial charge is 0.386 e. The molecule has 0 amide bonds. The third-order valence-corrected chi connectivity index (χ3v) is 3.29. The van der Waals surface area contributed by atoms with Gasteiger partial charge in [-0.25, -0.2) is 9.59 Å². The van der Waals surface area contributed by atoms with Gasteiger partial charge in [-0.3, -0.25) is 0 Å². The van der Waals surface area contributed by atoms with Crippen LogP contribution in [0.2, 0.25) is 0 Å². The highest BCUT2D eigenvalue weighted by Crippen LogP contribution is 2.36. The van der Waals surface area contributed by atoms with Gasteiger partial charge in [0.2, 0.25) is 0 Å². The van der Waals surface area contributed by atoms with E-state index in [-0.39, 0.29) is 0 Å². The number of hydrogen-bond acceptors (Lipinski definition) is 3. The van der Waals surface area contributed by atoms with Gasteiger partial charge in [0.05, 0.1) is 10.8 Å². The standard InChI is InChI=1S/C14H6O3/c15-13-11-5-9-7-3-1-2-4-8(7)10(9)6-12(11)14(16)17-13/h1-6H. The van der Waals surface area contributed by atoms with E-state index in [0.29, 0.717) is 10.8 Å². The predicted octanol–water partition coefficient (Wildman–Crippen LogP) is 2.34. The van der Waals surface area contributed by atoms with E-state index in [1.54, 1.807) is 12.1 Å². The molecule has 80 valence electrons. The van der Waals surface area contributed by atoms with E-state index in [1.165, 1.54) is 0 Å². The molecular weight excluding hydrogens is 216 g/mol. The number of benzene rings is 2. The van der Waals surface area contributed by atoms with E-state index < -0.39 is 11.3 Å². The highest BCUT2D eigenvalue weighted by Gasteiger charge is 2.15. The van der Waals surface area contributed by atoms with Gasteiger partial charge in [-0.05, 0) is 33.7 Å². The van der Waals surface area contributed by atoms with E-state index in [9.17, 15) is 9.59 Å². The molecule has 0 aliphatic carbocycles. The topological polar surface area (TPSA) is 47.3 Å². The fraction of sp³-hybridized carbons (Fsp3) is 0. The molecule has 0 saturated carbocycles. The maximum atomic E-state index is 11.4. The summed E-state index contributed by atoms with van der Waals surface area (Å²) in [6.45, 7) is 0. The van der Waals surface area contributed by atoms with Crippen molar-refractivity contribution in [2.24, 2.45) is 0 Å². The molecule has 0 atom stereocenters. The molecule has 0 bridgehead atoms. The highest BCUT2D eigenvalue weighted by molar-refractivity contribution is 6.27. The maximum absolute atomic E-state index is 11.4. The van der Waals surface area contributed by atoms with Gasteiger partial charge in [0.25, 0.3) is 0 Å². The second-order valence-electron chi connectivity index (χ2n) is 4.17. The van der Waals surface area contributed by atoms with Crippen molar-refractivity contribution in [2.75, 3.05) is 0 Å². The van der Waals surface area contributed by atoms with E-state index in [4.69, 9.17) is 0 Å². The van der Waals surface area contributed by atoms with Crippen LogP contribution in [0.3, 0.4) is 0 Å². The molecule has 0 saturated heterocycles. The van der Waals surface area contributed by atoms with Crippen molar-refractivity contribution in [3.8, 4) is 0 Å². The Balaban J connectivity index is 2.34. The summed E-state index contributed by atoms with van der Waals surface area (Å²) in [5.74, 6) is 0. The molecule has 3 heteroatoms. The van der Waals surface area contributed by atoms with E-state index in [0.717, 1.165) is 21.5 Å². The molecule has 1 heterocycles. The average Bonchev–Trinajstić information content (AvgIpc) is 2.61. The lowest BCUT2D eigenvalue weighted by molar-refractivity contribution is 0.500. The maximum Gasteiger partial charge on any atom is 0.346 e. The Kier molecular flexibility index (Phi) is 1.35. The summed E-state index contributed by atoms with van der Waals surface area (Å²) >= 11 is 0. The Bertz CT molecular complexity index is 888. The van der Waals surface area contributed by atoms with Gasteiger partial charge < -0.3 is 4.42 Å². The molecule has 4 aromatic rings. The Hall–Kier alpha value is -2.42. The van der Waals surface area contributed by atoms with Crippen molar-refractivity contribution in [1.29, 1.82) is 0 Å². The SMILES string of the molecule is O=c1oc(=O)c2cc3c4ccccc4c3cc12. The van der Waals surface area contributed by atoms with Crippen molar-refractivity contribution < 1.29 is 4.42 Å². The Labute approximate surface area is 94.6 Å². The van der Waals surface area contributed by atoms with E-state index in [2.05, 4.69) is 4.42 Å². The minimum absolute atomic E-state index is 0.378. The third kappa shape index (κ3) is 0.916. The first-order valence-electron chi connectivity index (χ1n) is 5.30. The van der Waals surface area contributed by atoms with Crippen molar-refractivity contribution in [2.45, 2.75) is 0 Å². The molecule has 0 spiro atoms. The summed E-state index contributed by atoms with van der Waals surface area (Å²) in [7, 11) is 0. The molecule has 3 nitrogen and oxygen atoms in total. The quantitative estimate of drug-likeness (QED) is 0.458. The van der Waals surface area contributed by atoms with Crippen molar-refractivity contribution >= 4 is 32.3 Å². The Morgan fingerprint density at radius 3 is 1.59 bits per heavy atom. The minimum Gasteiger partial charge on any atom is -0.386 e. The average molecular weight is 222 g/mol. The second kappa shape index (κ2) is 2.63. The number of hydrogen-bond donors (Lipinski definition) is 0. The van der Waals surface area contributed by atoms with Crippen LogP contribution in [0.4, 0.5) is 0 Å². The molecule has 17 heavy (non-hydrogen) atoms. The van der Waals surface area contributed by atoms with Crippen LogP contribution in [0.25, 0.3) is 32.3 Å². The molecule has 0 fully saturated rings. The number of fused-ring (bicyclic) bond motifs is 5.